The summed E-state index contributed by atoms with van der Waals surface area (Å²) in [7, 11) is 0. The molecule has 0 saturated heterocycles. The van der Waals surface area contributed by atoms with Crippen molar-refractivity contribution in [3.63, 3.8) is 0 Å². The maximum absolute atomic E-state index is 11.4. The van der Waals surface area contributed by atoms with E-state index in [9.17, 15) is 9.59 Å². The van der Waals surface area contributed by atoms with Crippen LogP contribution in [0.2, 0.25) is 0 Å². The lowest BCUT2D eigenvalue weighted by molar-refractivity contribution is 0.0956. The summed E-state index contributed by atoms with van der Waals surface area (Å²) in [4.78, 5) is 21.9. The molecule has 0 aliphatic heterocycles. The van der Waals surface area contributed by atoms with Gasteiger partial charge in [-0.15, -0.1) is 0 Å². The zero-order valence-corrected chi connectivity index (χ0v) is 8.41. The second-order valence-electron chi connectivity index (χ2n) is 2.93. The van der Waals surface area contributed by atoms with Crippen LogP contribution < -0.4 is 16.4 Å². The van der Waals surface area contributed by atoms with Crippen molar-refractivity contribution in [2.75, 3.05) is 11.9 Å². The molecule has 0 atom stereocenters. The highest BCUT2D eigenvalue weighted by molar-refractivity contribution is 5.95. The minimum atomic E-state index is -0.624. The first-order valence-electron chi connectivity index (χ1n) is 4.58. The first-order chi connectivity index (χ1) is 7.13. The average molecular weight is 207 g/mol. The Labute approximate surface area is 87.7 Å². The van der Waals surface area contributed by atoms with Crippen LogP contribution in [0.25, 0.3) is 0 Å². The number of benzene rings is 1. The quantitative estimate of drug-likeness (QED) is 0.688. The van der Waals surface area contributed by atoms with Gasteiger partial charge in [-0.2, -0.15) is 0 Å². The van der Waals surface area contributed by atoms with E-state index in [-0.39, 0.29) is 5.91 Å². The van der Waals surface area contributed by atoms with Crippen LogP contribution in [-0.2, 0) is 0 Å². The lowest BCUT2D eigenvalue weighted by atomic mass is 10.2. The van der Waals surface area contributed by atoms with Crippen LogP contribution in [0.3, 0.4) is 0 Å². The third kappa shape index (κ3) is 3.30. The van der Waals surface area contributed by atoms with Crippen molar-refractivity contribution in [3.05, 3.63) is 29.8 Å². The van der Waals surface area contributed by atoms with Crippen molar-refractivity contribution in [1.29, 1.82) is 0 Å². The van der Waals surface area contributed by atoms with Gasteiger partial charge in [-0.1, -0.05) is 0 Å². The molecule has 0 aromatic heterocycles. The Hall–Kier alpha value is -2.04. The van der Waals surface area contributed by atoms with E-state index in [1.54, 1.807) is 24.3 Å². The summed E-state index contributed by atoms with van der Waals surface area (Å²) in [6.07, 6.45) is 0. The number of primary amides is 1. The van der Waals surface area contributed by atoms with Crippen molar-refractivity contribution >= 4 is 17.6 Å². The van der Waals surface area contributed by atoms with Crippen LogP contribution in [0.5, 0.6) is 0 Å². The number of carbonyl (C=O) groups excluding carboxylic acids is 2. The topological polar surface area (TPSA) is 84.2 Å². The van der Waals surface area contributed by atoms with Gasteiger partial charge in [0.25, 0.3) is 5.91 Å². The van der Waals surface area contributed by atoms with Gasteiger partial charge in [-0.25, -0.2) is 4.79 Å². The van der Waals surface area contributed by atoms with E-state index in [1.165, 1.54) is 0 Å². The summed E-state index contributed by atoms with van der Waals surface area (Å²) in [5.74, 6) is -0.136. The smallest absolute Gasteiger partial charge is 0.316 e. The summed E-state index contributed by atoms with van der Waals surface area (Å²) in [6, 6.07) is 5.86. The van der Waals surface area contributed by atoms with Crippen LogP contribution in [0.4, 0.5) is 10.5 Å². The maximum Gasteiger partial charge on any atom is 0.316 e. The summed E-state index contributed by atoms with van der Waals surface area (Å²) >= 11 is 0. The lowest BCUT2D eigenvalue weighted by Crippen LogP contribution is -2.23. The Morgan fingerprint density at radius 3 is 2.33 bits per heavy atom. The number of hydrogen-bond acceptors (Lipinski definition) is 2. The molecule has 80 valence electrons. The Balaban J connectivity index is 2.71. The van der Waals surface area contributed by atoms with E-state index in [2.05, 4.69) is 10.6 Å². The normalized spacial score (nSPS) is 9.40. The van der Waals surface area contributed by atoms with Crippen molar-refractivity contribution in [1.82, 2.24) is 5.32 Å². The van der Waals surface area contributed by atoms with E-state index in [0.717, 1.165) is 0 Å². The van der Waals surface area contributed by atoms with Crippen LogP contribution in [0.1, 0.15) is 17.3 Å². The molecule has 4 N–H and O–H groups in total. The fourth-order valence-corrected chi connectivity index (χ4v) is 1.11. The monoisotopic (exact) mass is 207 g/mol. The number of urea groups is 1. The minimum Gasteiger partial charge on any atom is -0.352 e. The molecule has 0 aliphatic rings. The van der Waals surface area contributed by atoms with Gasteiger partial charge in [-0.3, -0.25) is 4.79 Å². The van der Waals surface area contributed by atoms with Crippen LogP contribution >= 0.6 is 0 Å². The zero-order valence-electron chi connectivity index (χ0n) is 8.41. The van der Waals surface area contributed by atoms with Gasteiger partial charge in [0.15, 0.2) is 0 Å². The maximum atomic E-state index is 11.4. The highest BCUT2D eigenvalue weighted by Gasteiger charge is 2.03. The molecule has 1 rings (SSSR count). The predicted molar refractivity (Wildman–Crippen MR) is 57.7 cm³/mol. The van der Waals surface area contributed by atoms with Gasteiger partial charge in [0.05, 0.1) is 0 Å². The summed E-state index contributed by atoms with van der Waals surface area (Å²) < 4.78 is 0. The second-order valence-corrected chi connectivity index (χ2v) is 2.93. The summed E-state index contributed by atoms with van der Waals surface area (Å²) in [6.45, 7) is 2.43. The van der Waals surface area contributed by atoms with Crippen molar-refractivity contribution in [2.24, 2.45) is 5.73 Å². The average Bonchev–Trinajstić information content (AvgIpc) is 2.18. The molecule has 3 amide bonds. The van der Waals surface area contributed by atoms with E-state index >= 15 is 0 Å². The molecule has 0 spiro atoms. The molecular weight excluding hydrogens is 194 g/mol. The molecule has 15 heavy (non-hydrogen) atoms. The molecular formula is C10H13N3O2. The molecule has 0 unspecified atom stereocenters. The molecule has 5 heteroatoms. The first kappa shape index (κ1) is 11.0. The van der Waals surface area contributed by atoms with Crippen molar-refractivity contribution in [3.8, 4) is 0 Å². The van der Waals surface area contributed by atoms with Crippen LogP contribution in [-0.4, -0.2) is 18.5 Å². The highest BCUT2D eigenvalue weighted by atomic mass is 16.2. The lowest BCUT2D eigenvalue weighted by Gasteiger charge is -2.04. The molecule has 0 radical (unpaired) electrons. The zero-order chi connectivity index (χ0) is 11.3. The number of anilines is 1. The minimum absolute atomic E-state index is 0.136. The van der Waals surface area contributed by atoms with E-state index in [1.807, 2.05) is 6.92 Å². The number of amides is 3. The van der Waals surface area contributed by atoms with Gasteiger partial charge in [-0.05, 0) is 31.2 Å². The van der Waals surface area contributed by atoms with Gasteiger partial charge in [0, 0.05) is 17.8 Å². The van der Waals surface area contributed by atoms with Crippen LogP contribution in [0.15, 0.2) is 24.3 Å². The molecule has 0 heterocycles. The van der Waals surface area contributed by atoms with E-state index < -0.39 is 6.03 Å². The van der Waals surface area contributed by atoms with Gasteiger partial charge < -0.3 is 16.4 Å². The fourth-order valence-electron chi connectivity index (χ4n) is 1.11. The van der Waals surface area contributed by atoms with Crippen molar-refractivity contribution in [2.45, 2.75) is 6.92 Å². The molecule has 0 aliphatic carbocycles. The Bertz CT molecular complexity index is 359. The van der Waals surface area contributed by atoms with E-state index in [4.69, 9.17) is 5.73 Å². The highest BCUT2D eigenvalue weighted by Crippen LogP contribution is 2.08. The number of hydrogen-bond donors (Lipinski definition) is 3. The molecule has 0 saturated carbocycles. The molecule has 0 fully saturated rings. The standard InChI is InChI=1S/C10H13N3O2/c1-2-12-9(14)7-3-5-8(6-4-7)13-10(11)15/h3-6H,2H2,1H3,(H,12,14)(H3,11,13,15). The van der Waals surface area contributed by atoms with Gasteiger partial charge >= 0.3 is 6.03 Å². The third-order valence-electron chi connectivity index (χ3n) is 1.75. The van der Waals surface area contributed by atoms with Crippen molar-refractivity contribution < 1.29 is 9.59 Å². The number of rotatable bonds is 3. The summed E-state index contributed by atoms with van der Waals surface area (Å²) in [5, 5.41) is 5.08. The molecule has 0 bridgehead atoms. The SMILES string of the molecule is CCNC(=O)c1ccc(NC(N)=O)cc1. The Morgan fingerprint density at radius 1 is 1.27 bits per heavy atom. The first-order valence-corrected chi connectivity index (χ1v) is 4.58. The molecule has 1 aromatic rings. The van der Waals surface area contributed by atoms with E-state index in [0.29, 0.717) is 17.8 Å². The predicted octanol–water partition coefficient (Wildman–Crippen LogP) is 0.927. The Morgan fingerprint density at radius 2 is 1.87 bits per heavy atom. The van der Waals surface area contributed by atoms with Gasteiger partial charge in [0.2, 0.25) is 0 Å². The van der Waals surface area contributed by atoms with Crippen LogP contribution in [0, 0.1) is 0 Å². The number of nitrogens with one attached hydrogen (secondary N) is 2. The number of carbonyl (C=O) groups is 2. The van der Waals surface area contributed by atoms with Gasteiger partial charge in [0.1, 0.15) is 0 Å². The second kappa shape index (κ2) is 4.99. The largest absolute Gasteiger partial charge is 0.352 e. The third-order valence-corrected chi connectivity index (χ3v) is 1.75. The Kier molecular flexibility index (Phi) is 3.68. The molecule has 1 aromatic carbocycles. The fraction of sp³-hybridized carbons (Fsp3) is 0.200. The summed E-state index contributed by atoms with van der Waals surface area (Å²) in [5.41, 5.74) is 6.05. The molecule has 5 nitrogen and oxygen atoms in total. The number of nitrogens with two attached hydrogens (primary N) is 1.